The summed E-state index contributed by atoms with van der Waals surface area (Å²) in [6, 6.07) is 13.5. The second-order valence-electron chi connectivity index (χ2n) is 4.66. The standard InChI is InChI=1S/C16H15BrClNO/c1-11(12-4-3-5-15(18)8-12)19(2)16-9-14(17)7-6-13(16)10-20/h3-11H,1-2H3. The van der Waals surface area contributed by atoms with E-state index >= 15 is 0 Å². The minimum absolute atomic E-state index is 0.113. The van der Waals surface area contributed by atoms with Crippen LogP contribution in [0.25, 0.3) is 0 Å². The van der Waals surface area contributed by atoms with Gasteiger partial charge in [0.05, 0.1) is 6.04 Å². The summed E-state index contributed by atoms with van der Waals surface area (Å²) >= 11 is 9.49. The van der Waals surface area contributed by atoms with E-state index in [1.165, 1.54) is 0 Å². The first kappa shape index (κ1) is 15.1. The summed E-state index contributed by atoms with van der Waals surface area (Å²) in [5.41, 5.74) is 2.67. The molecule has 0 saturated heterocycles. The summed E-state index contributed by atoms with van der Waals surface area (Å²) in [5, 5.41) is 0.715. The number of carbonyl (C=O) groups is 1. The van der Waals surface area contributed by atoms with Crippen molar-refractivity contribution in [2.75, 3.05) is 11.9 Å². The van der Waals surface area contributed by atoms with Crippen LogP contribution in [-0.4, -0.2) is 13.3 Å². The predicted octanol–water partition coefficient (Wildman–Crippen LogP) is 5.11. The predicted molar refractivity (Wildman–Crippen MR) is 87.8 cm³/mol. The Morgan fingerprint density at radius 2 is 2.00 bits per heavy atom. The third-order valence-electron chi connectivity index (χ3n) is 3.41. The number of nitrogens with zero attached hydrogens (tertiary/aromatic N) is 1. The maximum atomic E-state index is 11.2. The lowest BCUT2D eigenvalue weighted by molar-refractivity contribution is 0.112. The molecule has 2 aromatic rings. The van der Waals surface area contributed by atoms with Gasteiger partial charge >= 0.3 is 0 Å². The molecular formula is C16H15BrClNO. The van der Waals surface area contributed by atoms with Gasteiger partial charge in [0.2, 0.25) is 0 Å². The molecule has 104 valence electrons. The highest BCUT2D eigenvalue weighted by molar-refractivity contribution is 9.10. The Hall–Kier alpha value is -1.32. The molecular weight excluding hydrogens is 338 g/mol. The Balaban J connectivity index is 2.38. The smallest absolute Gasteiger partial charge is 0.152 e. The number of rotatable bonds is 4. The van der Waals surface area contributed by atoms with E-state index in [1.54, 1.807) is 0 Å². The fraction of sp³-hybridized carbons (Fsp3) is 0.188. The molecule has 0 aliphatic carbocycles. The summed E-state index contributed by atoms with van der Waals surface area (Å²) in [6.45, 7) is 2.08. The maximum absolute atomic E-state index is 11.2. The molecule has 0 fully saturated rings. The summed E-state index contributed by atoms with van der Waals surface area (Å²) in [5.74, 6) is 0. The van der Waals surface area contributed by atoms with Crippen molar-refractivity contribution < 1.29 is 4.79 Å². The third kappa shape index (κ3) is 3.22. The molecule has 2 aromatic carbocycles. The van der Waals surface area contributed by atoms with Gasteiger partial charge in [0.1, 0.15) is 0 Å². The molecule has 2 rings (SSSR count). The molecule has 4 heteroatoms. The number of halogens is 2. The van der Waals surface area contributed by atoms with E-state index in [2.05, 4.69) is 27.8 Å². The molecule has 1 unspecified atom stereocenters. The van der Waals surface area contributed by atoms with Crippen LogP contribution in [0.1, 0.15) is 28.9 Å². The highest BCUT2D eigenvalue weighted by Crippen LogP contribution is 2.30. The van der Waals surface area contributed by atoms with Crippen molar-refractivity contribution in [3.8, 4) is 0 Å². The number of benzene rings is 2. The Morgan fingerprint density at radius 1 is 1.25 bits per heavy atom. The largest absolute Gasteiger partial charge is 0.367 e. The van der Waals surface area contributed by atoms with Crippen molar-refractivity contribution in [2.45, 2.75) is 13.0 Å². The highest BCUT2D eigenvalue weighted by Gasteiger charge is 2.15. The van der Waals surface area contributed by atoms with Gasteiger partial charge in [-0.2, -0.15) is 0 Å². The number of hydrogen-bond acceptors (Lipinski definition) is 2. The van der Waals surface area contributed by atoms with Crippen molar-refractivity contribution in [3.05, 3.63) is 63.1 Å². The summed E-state index contributed by atoms with van der Waals surface area (Å²) in [7, 11) is 1.97. The molecule has 0 amide bonds. The van der Waals surface area contributed by atoms with Gasteiger partial charge in [0.15, 0.2) is 6.29 Å². The highest BCUT2D eigenvalue weighted by atomic mass is 79.9. The van der Waals surface area contributed by atoms with Gasteiger partial charge in [0, 0.05) is 27.8 Å². The molecule has 2 nitrogen and oxygen atoms in total. The molecule has 0 aliphatic rings. The SMILES string of the molecule is CC(c1cccc(Cl)c1)N(C)c1cc(Br)ccc1C=O. The Morgan fingerprint density at radius 3 is 2.65 bits per heavy atom. The van der Waals surface area contributed by atoms with Crippen LogP contribution >= 0.6 is 27.5 Å². The van der Waals surface area contributed by atoms with E-state index in [4.69, 9.17) is 11.6 Å². The van der Waals surface area contributed by atoms with Gasteiger partial charge in [-0.3, -0.25) is 4.79 Å². The Kier molecular flexibility index (Phi) is 4.84. The number of hydrogen-bond donors (Lipinski definition) is 0. The van der Waals surface area contributed by atoms with E-state index < -0.39 is 0 Å². The van der Waals surface area contributed by atoms with Gasteiger partial charge < -0.3 is 4.90 Å². The van der Waals surface area contributed by atoms with Crippen LogP contribution in [0, 0.1) is 0 Å². The first-order valence-corrected chi connectivity index (χ1v) is 7.43. The molecule has 0 spiro atoms. The van der Waals surface area contributed by atoms with E-state index in [0.717, 1.165) is 22.0 Å². The fourth-order valence-electron chi connectivity index (χ4n) is 2.12. The molecule has 0 aromatic heterocycles. The maximum Gasteiger partial charge on any atom is 0.152 e. The van der Waals surface area contributed by atoms with Crippen LogP contribution in [0.5, 0.6) is 0 Å². The Labute approximate surface area is 132 Å². The van der Waals surface area contributed by atoms with E-state index in [1.807, 2.05) is 49.5 Å². The number of aldehydes is 1. The lowest BCUT2D eigenvalue weighted by atomic mass is 10.1. The molecule has 0 radical (unpaired) electrons. The van der Waals surface area contributed by atoms with Crippen LogP contribution in [0.2, 0.25) is 5.02 Å². The molecule has 20 heavy (non-hydrogen) atoms. The van der Waals surface area contributed by atoms with Crippen molar-refractivity contribution in [3.63, 3.8) is 0 Å². The van der Waals surface area contributed by atoms with Gasteiger partial charge in [-0.1, -0.05) is 39.7 Å². The van der Waals surface area contributed by atoms with Crippen molar-refractivity contribution in [1.29, 1.82) is 0 Å². The van der Waals surface area contributed by atoms with Crippen molar-refractivity contribution in [1.82, 2.24) is 0 Å². The zero-order valence-electron chi connectivity index (χ0n) is 11.3. The topological polar surface area (TPSA) is 20.3 Å². The molecule has 0 N–H and O–H groups in total. The zero-order valence-corrected chi connectivity index (χ0v) is 13.6. The summed E-state index contributed by atoms with van der Waals surface area (Å²) in [4.78, 5) is 13.3. The van der Waals surface area contributed by atoms with Crippen LogP contribution in [0.15, 0.2) is 46.9 Å². The van der Waals surface area contributed by atoms with E-state index in [-0.39, 0.29) is 6.04 Å². The minimum atomic E-state index is 0.113. The van der Waals surface area contributed by atoms with Gasteiger partial charge in [0.25, 0.3) is 0 Å². The average Bonchev–Trinajstić information content (AvgIpc) is 2.45. The zero-order chi connectivity index (χ0) is 14.7. The molecule has 0 heterocycles. The van der Waals surface area contributed by atoms with Gasteiger partial charge in [-0.25, -0.2) is 0 Å². The first-order chi connectivity index (χ1) is 9.52. The molecule has 0 saturated carbocycles. The van der Waals surface area contributed by atoms with Gasteiger partial charge in [-0.15, -0.1) is 0 Å². The van der Waals surface area contributed by atoms with Crippen LogP contribution < -0.4 is 4.90 Å². The monoisotopic (exact) mass is 351 g/mol. The molecule has 0 aliphatic heterocycles. The number of anilines is 1. The van der Waals surface area contributed by atoms with Gasteiger partial charge in [-0.05, 0) is 42.8 Å². The van der Waals surface area contributed by atoms with Crippen LogP contribution in [0.3, 0.4) is 0 Å². The van der Waals surface area contributed by atoms with Crippen molar-refractivity contribution >= 4 is 39.5 Å². The molecule has 0 bridgehead atoms. The second-order valence-corrected chi connectivity index (χ2v) is 6.01. The second kappa shape index (κ2) is 6.42. The van der Waals surface area contributed by atoms with E-state index in [9.17, 15) is 4.79 Å². The van der Waals surface area contributed by atoms with E-state index in [0.29, 0.717) is 10.6 Å². The minimum Gasteiger partial charge on any atom is -0.367 e. The Bertz CT molecular complexity index is 630. The lowest BCUT2D eigenvalue weighted by Crippen LogP contribution is -2.22. The normalized spacial score (nSPS) is 12.0. The van der Waals surface area contributed by atoms with Crippen LogP contribution in [-0.2, 0) is 0 Å². The number of carbonyl (C=O) groups excluding carboxylic acids is 1. The lowest BCUT2D eigenvalue weighted by Gasteiger charge is -2.28. The van der Waals surface area contributed by atoms with Crippen molar-refractivity contribution in [2.24, 2.45) is 0 Å². The summed E-state index contributed by atoms with van der Waals surface area (Å²) < 4.78 is 0.947. The first-order valence-electron chi connectivity index (χ1n) is 6.26. The molecule has 1 atom stereocenters. The third-order valence-corrected chi connectivity index (χ3v) is 4.14. The fourth-order valence-corrected chi connectivity index (χ4v) is 2.67. The quantitative estimate of drug-likeness (QED) is 0.712. The van der Waals surface area contributed by atoms with Crippen LogP contribution in [0.4, 0.5) is 5.69 Å². The summed E-state index contributed by atoms with van der Waals surface area (Å²) in [6.07, 6.45) is 0.878. The average molecular weight is 353 g/mol.